The van der Waals surface area contributed by atoms with Gasteiger partial charge in [0.15, 0.2) is 0 Å². The lowest BCUT2D eigenvalue weighted by Gasteiger charge is -2.32. The smallest absolute Gasteiger partial charge is 0.222 e. The van der Waals surface area contributed by atoms with Crippen molar-refractivity contribution < 1.29 is 9.53 Å². The van der Waals surface area contributed by atoms with E-state index in [9.17, 15) is 4.79 Å². The van der Waals surface area contributed by atoms with Gasteiger partial charge in [0.2, 0.25) is 5.91 Å². The summed E-state index contributed by atoms with van der Waals surface area (Å²) in [6, 6.07) is 12.0. The molecule has 1 aliphatic heterocycles. The first-order chi connectivity index (χ1) is 14.0. The number of imidazole rings is 1. The predicted molar refractivity (Wildman–Crippen MR) is 115 cm³/mol. The highest BCUT2D eigenvalue weighted by Crippen LogP contribution is 2.30. The largest absolute Gasteiger partial charge is 0.490 e. The summed E-state index contributed by atoms with van der Waals surface area (Å²) in [5.74, 6) is 1.51. The van der Waals surface area contributed by atoms with Gasteiger partial charge < -0.3 is 9.64 Å². The van der Waals surface area contributed by atoms with Gasteiger partial charge in [-0.2, -0.15) is 0 Å². The Morgan fingerprint density at radius 3 is 2.59 bits per heavy atom. The third kappa shape index (κ3) is 4.40. The Labute approximate surface area is 176 Å². The molecule has 3 heterocycles. The molecular weight excluding hydrogens is 386 g/mol. The third-order valence-electron chi connectivity index (χ3n) is 5.35. The summed E-state index contributed by atoms with van der Waals surface area (Å²) in [6.07, 6.45) is 6.11. The molecule has 152 valence electrons. The second kappa shape index (κ2) is 8.46. The van der Waals surface area contributed by atoms with Crippen molar-refractivity contribution in [3.63, 3.8) is 0 Å². The number of carbonyl (C=O) groups excluding carboxylic acids is 1. The minimum atomic E-state index is 0.148. The summed E-state index contributed by atoms with van der Waals surface area (Å²) in [5, 5.41) is 0.645. The molecule has 0 unspecified atom stereocenters. The molecule has 0 spiro atoms. The average Bonchev–Trinajstić information content (AvgIpc) is 3.19. The number of fused-ring (bicyclic) bond motifs is 1. The summed E-state index contributed by atoms with van der Waals surface area (Å²) in [4.78, 5) is 18.4. The van der Waals surface area contributed by atoms with Crippen molar-refractivity contribution in [3.8, 4) is 16.9 Å². The van der Waals surface area contributed by atoms with Crippen molar-refractivity contribution in [2.45, 2.75) is 39.2 Å². The van der Waals surface area contributed by atoms with Crippen LogP contribution in [-0.2, 0) is 4.79 Å². The number of hydrogen-bond acceptors (Lipinski definition) is 3. The molecule has 1 amide bonds. The highest BCUT2D eigenvalue weighted by atomic mass is 35.5. The van der Waals surface area contributed by atoms with Crippen LogP contribution in [0.2, 0.25) is 5.15 Å². The molecule has 2 aromatic heterocycles. The van der Waals surface area contributed by atoms with Crippen LogP contribution < -0.4 is 4.74 Å². The minimum Gasteiger partial charge on any atom is -0.490 e. The number of benzene rings is 1. The van der Waals surface area contributed by atoms with E-state index in [1.807, 2.05) is 51.9 Å². The van der Waals surface area contributed by atoms with Crippen molar-refractivity contribution >= 4 is 23.2 Å². The summed E-state index contributed by atoms with van der Waals surface area (Å²) >= 11 is 6.54. The number of piperidine rings is 1. The van der Waals surface area contributed by atoms with E-state index >= 15 is 0 Å². The fraction of sp³-hybridized carbons (Fsp3) is 0.391. The van der Waals surface area contributed by atoms with E-state index in [-0.39, 0.29) is 12.0 Å². The number of rotatable bonds is 5. The average molecular weight is 412 g/mol. The van der Waals surface area contributed by atoms with Crippen LogP contribution in [-0.4, -0.2) is 39.4 Å². The number of halogens is 1. The number of nitrogens with zero attached hydrogens (tertiary/aromatic N) is 3. The molecule has 3 aromatic rings. The van der Waals surface area contributed by atoms with Crippen molar-refractivity contribution in [1.82, 2.24) is 14.3 Å². The van der Waals surface area contributed by atoms with E-state index in [0.717, 1.165) is 48.5 Å². The number of likely N-dealkylation sites (tertiary alicyclic amines) is 1. The van der Waals surface area contributed by atoms with Crippen molar-refractivity contribution in [3.05, 3.63) is 53.9 Å². The molecule has 1 fully saturated rings. The molecule has 0 aliphatic carbocycles. The zero-order chi connectivity index (χ0) is 20.4. The van der Waals surface area contributed by atoms with Crippen LogP contribution in [0.5, 0.6) is 5.75 Å². The molecule has 1 aliphatic rings. The first-order valence-electron chi connectivity index (χ1n) is 10.2. The van der Waals surface area contributed by atoms with Crippen molar-refractivity contribution in [1.29, 1.82) is 0 Å². The number of carbonyl (C=O) groups is 1. The number of ether oxygens (including phenoxy) is 1. The van der Waals surface area contributed by atoms with Gasteiger partial charge in [0.05, 0.1) is 0 Å². The first kappa shape index (κ1) is 19.8. The van der Waals surface area contributed by atoms with E-state index < -0.39 is 0 Å². The number of hydrogen-bond donors (Lipinski definition) is 0. The summed E-state index contributed by atoms with van der Waals surface area (Å²) in [7, 11) is 0. The minimum absolute atomic E-state index is 0.148. The Morgan fingerprint density at radius 1 is 1.17 bits per heavy atom. The Balaban J connectivity index is 1.38. The SMILES string of the molecule is CC(C)CC(=O)N1CCC(Oc2ccc(-c3ccc4nccn4c3Cl)cc2)CC1. The Bertz CT molecular complexity index is 989. The van der Waals surface area contributed by atoms with E-state index in [0.29, 0.717) is 17.5 Å². The zero-order valence-electron chi connectivity index (χ0n) is 16.8. The number of pyridine rings is 1. The van der Waals surface area contributed by atoms with Crippen LogP contribution in [0.3, 0.4) is 0 Å². The fourth-order valence-corrected chi connectivity index (χ4v) is 4.10. The maximum atomic E-state index is 12.2. The maximum Gasteiger partial charge on any atom is 0.222 e. The van der Waals surface area contributed by atoms with Crippen LogP contribution in [0, 0.1) is 5.92 Å². The molecule has 0 radical (unpaired) electrons. The number of amides is 1. The Hall–Kier alpha value is -2.53. The standard InChI is InChI=1S/C23H26ClN3O2/c1-16(2)15-22(28)26-12-9-19(10-13-26)29-18-5-3-17(4-6-18)20-7-8-21-25-11-14-27(21)23(20)24/h3-8,11,14,16,19H,9-10,12-13,15H2,1-2H3. The molecule has 0 bridgehead atoms. The topological polar surface area (TPSA) is 46.8 Å². The summed E-state index contributed by atoms with van der Waals surface area (Å²) < 4.78 is 8.03. The van der Waals surface area contributed by atoms with Gasteiger partial charge in [-0.1, -0.05) is 37.6 Å². The summed E-state index contributed by atoms with van der Waals surface area (Å²) in [5.41, 5.74) is 2.82. The van der Waals surface area contributed by atoms with Gasteiger partial charge in [-0.15, -0.1) is 0 Å². The van der Waals surface area contributed by atoms with Gasteiger partial charge in [0, 0.05) is 50.3 Å². The quantitative estimate of drug-likeness (QED) is 0.550. The Kier molecular flexibility index (Phi) is 5.76. The van der Waals surface area contributed by atoms with Crippen LogP contribution in [0.1, 0.15) is 33.1 Å². The molecule has 0 saturated carbocycles. The predicted octanol–water partition coefficient (Wildman–Crippen LogP) is 5.07. The number of aromatic nitrogens is 2. The van der Waals surface area contributed by atoms with Gasteiger partial charge in [-0.25, -0.2) is 4.98 Å². The third-order valence-corrected chi connectivity index (χ3v) is 5.73. The van der Waals surface area contributed by atoms with Gasteiger partial charge in [-0.3, -0.25) is 9.20 Å². The van der Waals surface area contributed by atoms with E-state index in [4.69, 9.17) is 16.3 Å². The van der Waals surface area contributed by atoms with Gasteiger partial charge >= 0.3 is 0 Å². The van der Waals surface area contributed by atoms with Gasteiger partial charge in [0.25, 0.3) is 0 Å². The molecule has 0 atom stereocenters. The second-order valence-corrected chi connectivity index (χ2v) is 8.37. The molecule has 29 heavy (non-hydrogen) atoms. The molecule has 5 nitrogen and oxygen atoms in total. The van der Waals surface area contributed by atoms with Crippen LogP contribution in [0.4, 0.5) is 0 Å². The van der Waals surface area contributed by atoms with Crippen LogP contribution in [0.25, 0.3) is 16.8 Å². The lowest BCUT2D eigenvalue weighted by Crippen LogP contribution is -2.42. The lowest BCUT2D eigenvalue weighted by molar-refractivity contribution is -0.133. The molecule has 6 heteroatoms. The summed E-state index contributed by atoms with van der Waals surface area (Å²) in [6.45, 7) is 5.71. The molecule has 0 N–H and O–H groups in total. The van der Waals surface area contributed by atoms with E-state index in [1.54, 1.807) is 6.20 Å². The fourth-order valence-electron chi connectivity index (χ4n) is 3.78. The second-order valence-electron chi connectivity index (χ2n) is 8.01. The lowest BCUT2D eigenvalue weighted by atomic mass is 10.0. The highest BCUT2D eigenvalue weighted by molar-refractivity contribution is 6.32. The zero-order valence-corrected chi connectivity index (χ0v) is 17.6. The van der Waals surface area contributed by atoms with E-state index in [1.165, 1.54) is 0 Å². The van der Waals surface area contributed by atoms with E-state index in [2.05, 4.69) is 18.8 Å². The maximum absolute atomic E-state index is 12.2. The van der Waals surface area contributed by atoms with Crippen molar-refractivity contribution in [2.75, 3.05) is 13.1 Å². The molecule has 1 aromatic carbocycles. The first-order valence-corrected chi connectivity index (χ1v) is 10.6. The Morgan fingerprint density at radius 2 is 1.90 bits per heavy atom. The molecular formula is C23H26ClN3O2. The molecule has 4 rings (SSSR count). The van der Waals surface area contributed by atoms with Gasteiger partial charge in [-0.05, 0) is 35.7 Å². The van der Waals surface area contributed by atoms with Crippen LogP contribution in [0.15, 0.2) is 48.8 Å². The normalized spacial score (nSPS) is 15.2. The van der Waals surface area contributed by atoms with Gasteiger partial charge in [0.1, 0.15) is 22.7 Å². The monoisotopic (exact) mass is 411 g/mol. The highest BCUT2D eigenvalue weighted by Gasteiger charge is 2.24. The van der Waals surface area contributed by atoms with Crippen LogP contribution >= 0.6 is 11.6 Å². The molecule has 1 saturated heterocycles. The van der Waals surface area contributed by atoms with Crippen molar-refractivity contribution in [2.24, 2.45) is 5.92 Å².